The highest BCUT2D eigenvalue weighted by Crippen LogP contribution is 2.35. The number of benzene rings is 1. The SMILES string of the molecule is CNC(C)c1c(OC)cccc1N1CCCC1. The van der Waals surface area contributed by atoms with E-state index in [0.29, 0.717) is 6.04 Å². The van der Waals surface area contributed by atoms with E-state index >= 15 is 0 Å². The minimum Gasteiger partial charge on any atom is -0.496 e. The molecule has 2 rings (SSSR count). The van der Waals surface area contributed by atoms with Crippen molar-refractivity contribution in [3.05, 3.63) is 23.8 Å². The first-order valence-electron chi connectivity index (χ1n) is 6.37. The molecule has 1 fully saturated rings. The van der Waals surface area contributed by atoms with Crippen LogP contribution in [0.25, 0.3) is 0 Å². The Morgan fingerprint density at radius 3 is 2.59 bits per heavy atom. The Hall–Kier alpha value is -1.22. The van der Waals surface area contributed by atoms with Gasteiger partial charge in [-0.2, -0.15) is 0 Å². The molecular weight excluding hydrogens is 212 g/mol. The summed E-state index contributed by atoms with van der Waals surface area (Å²) in [4.78, 5) is 2.46. The highest BCUT2D eigenvalue weighted by atomic mass is 16.5. The summed E-state index contributed by atoms with van der Waals surface area (Å²) >= 11 is 0. The molecule has 0 radical (unpaired) electrons. The molecule has 0 aliphatic carbocycles. The molecule has 0 bridgehead atoms. The van der Waals surface area contributed by atoms with Gasteiger partial charge in [-0.3, -0.25) is 0 Å². The molecule has 0 spiro atoms. The van der Waals surface area contributed by atoms with Crippen LogP contribution in [0, 0.1) is 0 Å². The second kappa shape index (κ2) is 5.41. The van der Waals surface area contributed by atoms with Crippen LogP contribution >= 0.6 is 0 Å². The molecule has 1 atom stereocenters. The zero-order valence-electron chi connectivity index (χ0n) is 11.0. The van der Waals surface area contributed by atoms with Gasteiger partial charge in [0.15, 0.2) is 0 Å². The maximum absolute atomic E-state index is 5.50. The van der Waals surface area contributed by atoms with Gasteiger partial charge in [-0.05, 0) is 38.9 Å². The van der Waals surface area contributed by atoms with E-state index in [4.69, 9.17) is 4.74 Å². The molecule has 1 aromatic rings. The standard InChI is InChI=1S/C14H22N2O/c1-11(15-2)14-12(16-9-4-5-10-16)7-6-8-13(14)17-3/h6-8,11,15H,4-5,9-10H2,1-3H3. The van der Waals surface area contributed by atoms with Gasteiger partial charge in [0.25, 0.3) is 0 Å². The first-order chi connectivity index (χ1) is 8.27. The molecule has 3 heteroatoms. The Morgan fingerprint density at radius 1 is 1.29 bits per heavy atom. The van der Waals surface area contributed by atoms with Crippen LogP contribution in [0.4, 0.5) is 5.69 Å². The third-order valence-corrected chi connectivity index (χ3v) is 3.58. The highest BCUT2D eigenvalue weighted by Gasteiger charge is 2.21. The third-order valence-electron chi connectivity index (χ3n) is 3.58. The predicted molar refractivity (Wildman–Crippen MR) is 71.9 cm³/mol. The Morgan fingerprint density at radius 2 is 2.00 bits per heavy atom. The minimum atomic E-state index is 0.307. The lowest BCUT2D eigenvalue weighted by Crippen LogP contribution is -2.23. The Kier molecular flexibility index (Phi) is 3.89. The second-order valence-electron chi connectivity index (χ2n) is 4.60. The van der Waals surface area contributed by atoms with E-state index in [1.165, 1.54) is 24.1 Å². The number of methoxy groups -OCH3 is 1. The van der Waals surface area contributed by atoms with Crippen LogP contribution < -0.4 is 15.0 Å². The number of hydrogen-bond acceptors (Lipinski definition) is 3. The molecule has 3 nitrogen and oxygen atoms in total. The maximum Gasteiger partial charge on any atom is 0.125 e. The molecule has 0 amide bonds. The number of nitrogens with zero attached hydrogens (tertiary/aromatic N) is 1. The van der Waals surface area contributed by atoms with Crippen molar-refractivity contribution < 1.29 is 4.74 Å². The Bertz CT molecular complexity index is 372. The number of rotatable bonds is 4. The van der Waals surface area contributed by atoms with Gasteiger partial charge in [0.1, 0.15) is 5.75 Å². The second-order valence-corrected chi connectivity index (χ2v) is 4.60. The summed E-state index contributed by atoms with van der Waals surface area (Å²) in [7, 11) is 3.74. The quantitative estimate of drug-likeness (QED) is 0.866. The first-order valence-corrected chi connectivity index (χ1v) is 6.37. The normalized spacial score (nSPS) is 17.2. The van der Waals surface area contributed by atoms with Crippen molar-refractivity contribution in [3.8, 4) is 5.75 Å². The fraction of sp³-hybridized carbons (Fsp3) is 0.571. The summed E-state index contributed by atoms with van der Waals surface area (Å²) in [6.45, 7) is 4.50. The van der Waals surface area contributed by atoms with Gasteiger partial charge in [0.2, 0.25) is 0 Å². The summed E-state index contributed by atoms with van der Waals surface area (Å²) in [5, 5.41) is 3.31. The molecule has 1 aliphatic rings. The summed E-state index contributed by atoms with van der Waals surface area (Å²) in [6.07, 6.45) is 2.59. The lowest BCUT2D eigenvalue weighted by molar-refractivity contribution is 0.404. The van der Waals surface area contributed by atoms with Crippen LogP contribution in [0.5, 0.6) is 5.75 Å². The Labute approximate surface area is 104 Å². The molecule has 0 saturated carbocycles. The lowest BCUT2D eigenvalue weighted by atomic mass is 10.0. The van der Waals surface area contributed by atoms with Gasteiger partial charge >= 0.3 is 0 Å². The monoisotopic (exact) mass is 234 g/mol. The number of hydrogen-bond donors (Lipinski definition) is 1. The summed E-state index contributed by atoms with van der Waals surface area (Å²) in [5.74, 6) is 0.983. The zero-order chi connectivity index (χ0) is 12.3. The lowest BCUT2D eigenvalue weighted by Gasteiger charge is -2.26. The number of anilines is 1. The molecule has 1 aliphatic heterocycles. The molecule has 0 aromatic heterocycles. The molecular formula is C14H22N2O. The van der Waals surface area contributed by atoms with Crippen molar-refractivity contribution in [1.82, 2.24) is 5.32 Å². The smallest absolute Gasteiger partial charge is 0.125 e. The van der Waals surface area contributed by atoms with Gasteiger partial charge in [0, 0.05) is 30.4 Å². The number of ether oxygens (including phenoxy) is 1. The third kappa shape index (κ3) is 2.39. The summed E-state index contributed by atoms with van der Waals surface area (Å²) < 4.78 is 5.50. The fourth-order valence-corrected chi connectivity index (χ4v) is 2.52. The van der Waals surface area contributed by atoms with E-state index in [0.717, 1.165) is 18.8 Å². The van der Waals surface area contributed by atoms with Crippen LogP contribution in [0.3, 0.4) is 0 Å². The van der Waals surface area contributed by atoms with Crippen LogP contribution in [-0.4, -0.2) is 27.2 Å². The average Bonchev–Trinajstić information content (AvgIpc) is 2.90. The van der Waals surface area contributed by atoms with Crippen LogP contribution in [-0.2, 0) is 0 Å². The molecule has 1 heterocycles. The van der Waals surface area contributed by atoms with E-state index < -0.39 is 0 Å². The summed E-state index contributed by atoms with van der Waals surface area (Å²) in [6, 6.07) is 6.64. The minimum absolute atomic E-state index is 0.307. The van der Waals surface area contributed by atoms with Crippen molar-refractivity contribution >= 4 is 5.69 Å². The van der Waals surface area contributed by atoms with E-state index in [-0.39, 0.29) is 0 Å². The zero-order valence-corrected chi connectivity index (χ0v) is 11.0. The van der Waals surface area contributed by atoms with Crippen molar-refractivity contribution in [2.45, 2.75) is 25.8 Å². The van der Waals surface area contributed by atoms with Gasteiger partial charge < -0.3 is 15.0 Å². The average molecular weight is 234 g/mol. The molecule has 1 N–H and O–H groups in total. The van der Waals surface area contributed by atoms with Crippen LogP contribution in [0.2, 0.25) is 0 Å². The van der Waals surface area contributed by atoms with E-state index in [1.807, 2.05) is 13.1 Å². The molecule has 1 saturated heterocycles. The van der Waals surface area contributed by atoms with Crippen molar-refractivity contribution in [3.63, 3.8) is 0 Å². The highest BCUT2D eigenvalue weighted by molar-refractivity contribution is 5.61. The van der Waals surface area contributed by atoms with Gasteiger partial charge in [-0.1, -0.05) is 6.07 Å². The van der Waals surface area contributed by atoms with Gasteiger partial charge in [-0.25, -0.2) is 0 Å². The molecule has 17 heavy (non-hydrogen) atoms. The van der Waals surface area contributed by atoms with Gasteiger partial charge in [0.05, 0.1) is 7.11 Å². The molecule has 1 aromatic carbocycles. The van der Waals surface area contributed by atoms with Crippen LogP contribution in [0.1, 0.15) is 31.4 Å². The van der Waals surface area contributed by atoms with Gasteiger partial charge in [-0.15, -0.1) is 0 Å². The number of nitrogens with one attached hydrogen (secondary N) is 1. The van der Waals surface area contributed by atoms with Crippen molar-refractivity contribution in [1.29, 1.82) is 0 Å². The van der Waals surface area contributed by atoms with E-state index in [1.54, 1.807) is 7.11 Å². The Balaban J connectivity index is 2.41. The maximum atomic E-state index is 5.50. The fourth-order valence-electron chi connectivity index (χ4n) is 2.52. The van der Waals surface area contributed by atoms with Crippen LogP contribution in [0.15, 0.2) is 18.2 Å². The predicted octanol–water partition coefficient (Wildman–Crippen LogP) is 2.58. The van der Waals surface area contributed by atoms with E-state index in [9.17, 15) is 0 Å². The molecule has 94 valence electrons. The topological polar surface area (TPSA) is 24.5 Å². The first kappa shape index (κ1) is 12.2. The van der Waals surface area contributed by atoms with E-state index in [2.05, 4.69) is 29.3 Å². The van der Waals surface area contributed by atoms with Crippen molar-refractivity contribution in [2.24, 2.45) is 0 Å². The largest absolute Gasteiger partial charge is 0.496 e. The van der Waals surface area contributed by atoms with Crippen molar-refractivity contribution in [2.75, 3.05) is 32.1 Å². The summed E-state index contributed by atoms with van der Waals surface area (Å²) in [5.41, 5.74) is 2.60. The molecule has 1 unspecified atom stereocenters.